The van der Waals surface area contributed by atoms with Gasteiger partial charge in [-0.05, 0) is 55.7 Å². The number of carbonyl (C=O) groups excluding carboxylic acids is 2. The van der Waals surface area contributed by atoms with Gasteiger partial charge in [0.25, 0.3) is 17.4 Å². The maximum absolute atomic E-state index is 13.9. The van der Waals surface area contributed by atoms with Crippen LogP contribution in [0.15, 0.2) is 48.5 Å². The maximum Gasteiger partial charge on any atom is 0.430 e. The average molecular weight is 555 g/mol. The lowest BCUT2D eigenvalue weighted by molar-refractivity contribution is -0.262. The summed E-state index contributed by atoms with van der Waals surface area (Å²) < 4.78 is 47.4. The van der Waals surface area contributed by atoms with Gasteiger partial charge in [-0.25, -0.2) is 0 Å². The molecule has 2 amide bonds. The second-order valence-corrected chi connectivity index (χ2v) is 10.4. The van der Waals surface area contributed by atoms with Crippen LogP contribution in [0.2, 0.25) is 5.02 Å². The number of alkyl halides is 3. The highest BCUT2D eigenvalue weighted by Gasteiger charge is 2.62. The van der Waals surface area contributed by atoms with E-state index in [0.717, 1.165) is 29.9 Å². The molecule has 1 fully saturated rings. The molecule has 1 N–H and O–H groups in total. The van der Waals surface area contributed by atoms with Crippen LogP contribution in [0, 0.1) is 11.8 Å². The summed E-state index contributed by atoms with van der Waals surface area (Å²) in [5.41, 5.74) is -3.64. The molecule has 0 aliphatic carbocycles. The number of aliphatic hydroxyl groups is 1. The summed E-state index contributed by atoms with van der Waals surface area (Å²) in [5, 5.41) is 10.9. The van der Waals surface area contributed by atoms with Crippen molar-refractivity contribution in [3.63, 3.8) is 0 Å². The predicted octanol–water partition coefficient (Wildman–Crippen LogP) is 5.53. The van der Waals surface area contributed by atoms with Crippen molar-refractivity contribution in [2.75, 3.05) is 33.8 Å². The number of likely N-dealkylation sites (tertiary alicyclic amines) is 1. The molecule has 0 saturated carbocycles. The number of ether oxygens (including phenoxy) is 1. The monoisotopic (exact) mass is 554 g/mol. The summed E-state index contributed by atoms with van der Waals surface area (Å²) >= 11 is 6.22. The number of hydrogen-bond donors (Lipinski definition) is 1. The van der Waals surface area contributed by atoms with Gasteiger partial charge in [0.05, 0.1) is 17.2 Å². The number of rotatable bonds is 9. The van der Waals surface area contributed by atoms with Crippen molar-refractivity contribution >= 4 is 23.4 Å². The van der Waals surface area contributed by atoms with Crippen LogP contribution in [0.25, 0.3) is 0 Å². The van der Waals surface area contributed by atoms with Gasteiger partial charge in [-0.15, -0.1) is 0 Å². The van der Waals surface area contributed by atoms with Gasteiger partial charge in [0.1, 0.15) is 5.75 Å². The first-order chi connectivity index (χ1) is 17.9. The van der Waals surface area contributed by atoms with E-state index in [1.54, 1.807) is 32.3 Å². The van der Waals surface area contributed by atoms with E-state index in [-0.39, 0.29) is 30.8 Å². The quantitative estimate of drug-likeness (QED) is 0.414. The van der Waals surface area contributed by atoms with E-state index in [2.05, 4.69) is 6.92 Å². The van der Waals surface area contributed by atoms with Gasteiger partial charge in [0, 0.05) is 32.7 Å². The zero-order chi connectivity index (χ0) is 28.1. The van der Waals surface area contributed by atoms with Crippen LogP contribution >= 0.6 is 11.6 Å². The van der Waals surface area contributed by atoms with Gasteiger partial charge in [-0.1, -0.05) is 48.9 Å². The van der Waals surface area contributed by atoms with Crippen LogP contribution < -0.4 is 4.74 Å². The standard InChI is InChI=1S/C28H34ClF3N2O4/c1-19(8-7-17-38-22-11-12-23(24(29)18-22)25(35)33(2)3)20-13-15-34(16-14-20)26(36)27(37,28(30,31)32)21-9-5-4-6-10-21/h4-6,9-12,18-20,37H,7-8,13-17H2,1-3H3/t19-,27-/m0/s1. The zero-order valence-corrected chi connectivity index (χ0v) is 22.6. The third-order valence-electron chi connectivity index (χ3n) is 7.19. The highest BCUT2D eigenvalue weighted by Crippen LogP contribution is 2.41. The molecule has 0 radical (unpaired) electrons. The lowest BCUT2D eigenvalue weighted by atomic mass is 9.82. The minimum Gasteiger partial charge on any atom is -0.494 e. The molecule has 0 spiro atoms. The molecule has 10 heteroatoms. The van der Waals surface area contributed by atoms with Gasteiger partial charge in [0.2, 0.25) is 0 Å². The van der Waals surface area contributed by atoms with Gasteiger partial charge < -0.3 is 19.6 Å². The van der Waals surface area contributed by atoms with Gasteiger partial charge >= 0.3 is 6.18 Å². The fourth-order valence-corrected chi connectivity index (χ4v) is 5.07. The van der Waals surface area contributed by atoms with E-state index in [1.807, 2.05) is 0 Å². The van der Waals surface area contributed by atoms with E-state index < -0.39 is 23.2 Å². The van der Waals surface area contributed by atoms with Crippen molar-refractivity contribution < 1.29 is 32.6 Å². The van der Waals surface area contributed by atoms with E-state index in [1.165, 1.54) is 23.1 Å². The average Bonchev–Trinajstić information content (AvgIpc) is 2.89. The van der Waals surface area contributed by atoms with E-state index in [4.69, 9.17) is 16.3 Å². The molecule has 2 aromatic carbocycles. The van der Waals surface area contributed by atoms with Crippen LogP contribution in [0.5, 0.6) is 5.75 Å². The first-order valence-corrected chi connectivity index (χ1v) is 13.0. The Morgan fingerprint density at radius 2 is 1.76 bits per heavy atom. The number of nitrogens with zero attached hydrogens (tertiary/aromatic N) is 2. The molecule has 38 heavy (non-hydrogen) atoms. The molecular weight excluding hydrogens is 521 g/mol. The Morgan fingerprint density at radius 1 is 1.13 bits per heavy atom. The second kappa shape index (κ2) is 12.4. The number of hydrogen-bond acceptors (Lipinski definition) is 4. The van der Waals surface area contributed by atoms with Crippen LogP contribution in [-0.2, 0) is 10.4 Å². The van der Waals surface area contributed by atoms with E-state index >= 15 is 0 Å². The molecule has 1 aliphatic rings. The molecule has 0 aromatic heterocycles. The third-order valence-corrected chi connectivity index (χ3v) is 7.51. The lowest BCUT2D eigenvalue weighted by Gasteiger charge is -2.39. The molecule has 0 unspecified atom stereocenters. The van der Waals surface area contributed by atoms with E-state index in [9.17, 15) is 27.9 Å². The summed E-state index contributed by atoms with van der Waals surface area (Å²) in [4.78, 5) is 27.6. The Kier molecular flexibility index (Phi) is 9.70. The first-order valence-electron chi connectivity index (χ1n) is 12.6. The van der Waals surface area contributed by atoms with Crippen LogP contribution in [0.1, 0.15) is 48.5 Å². The van der Waals surface area contributed by atoms with Gasteiger partial charge in [-0.2, -0.15) is 13.2 Å². The summed E-state index contributed by atoms with van der Waals surface area (Å²) in [6.45, 7) is 2.86. The van der Waals surface area contributed by atoms with Crippen molar-refractivity contribution in [2.45, 2.75) is 44.4 Å². The van der Waals surface area contributed by atoms with Crippen molar-refractivity contribution in [2.24, 2.45) is 11.8 Å². The summed E-state index contributed by atoms with van der Waals surface area (Å²) in [6.07, 6.45) is -2.40. The summed E-state index contributed by atoms with van der Waals surface area (Å²) in [5.74, 6) is -0.407. The molecule has 2 aromatic rings. The minimum atomic E-state index is -5.14. The first kappa shape index (κ1) is 29.8. The fraction of sp³-hybridized carbons (Fsp3) is 0.500. The maximum atomic E-state index is 13.9. The SMILES string of the molecule is C[C@@H](CCCOc1ccc(C(=O)N(C)C)c(Cl)c1)C1CCN(C(=O)[C@@](O)(c2ccccc2)C(F)(F)F)CC1. The van der Waals surface area contributed by atoms with Crippen molar-refractivity contribution in [3.8, 4) is 5.75 Å². The van der Waals surface area contributed by atoms with Gasteiger partial charge in [-0.3, -0.25) is 9.59 Å². The molecule has 3 rings (SSSR count). The second-order valence-electron chi connectivity index (χ2n) is 10.0. The molecule has 1 heterocycles. The molecule has 0 bridgehead atoms. The molecular formula is C28H34ClF3N2O4. The predicted molar refractivity (Wildman–Crippen MR) is 139 cm³/mol. The number of piperidine rings is 1. The summed E-state index contributed by atoms with van der Waals surface area (Å²) in [6, 6.07) is 11.5. The smallest absolute Gasteiger partial charge is 0.430 e. The van der Waals surface area contributed by atoms with Gasteiger partial charge in [0.15, 0.2) is 0 Å². The van der Waals surface area contributed by atoms with Crippen LogP contribution in [0.3, 0.4) is 0 Å². The Hall–Kier alpha value is -2.78. The van der Waals surface area contributed by atoms with Crippen LogP contribution in [0.4, 0.5) is 13.2 Å². The lowest BCUT2D eigenvalue weighted by Crippen LogP contribution is -2.57. The number of halogens is 4. The molecule has 208 valence electrons. The highest BCUT2D eigenvalue weighted by molar-refractivity contribution is 6.34. The van der Waals surface area contributed by atoms with E-state index in [0.29, 0.717) is 35.8 Å². The number of carbonyl (C=O) groups is 2. The zero-order valence-electron chi connectivity index (χ0n) is 21.8. The molecule has 6 nitrogen and oxygen atoms in total. The summed E-state index contributed by atoms with van der Waals surface area (Å²) in [7, 11) is 3.30. The highest BCUT2D eigenvalue weighted by atomic mass is 35.5. The largest absolute Gasteiger partial charge is 0.494 e. The normalized spacial score (nSPS) is 17.0. The topological polar surface area (TPSA) is 70.1 Å². The fourth-order valence-electron chi connectivity index (χ4n) is 4.82. The molecule has 2 atom stereocenters. The van der Waals surface area contributed by atoms with Crippen molar-refractivity contribution in [1.29, 1.82) is 0 Å². The molecule has 1 saturated heterocycles. The third kappa shape index (κ3) is 6.61. The Bertz CT molecular complexity index is 1110. The Labute approximate surface area is 226 Å². The Morgan fingerprint density at radius 3 is 2.32 bits per heavy atom. The van der Waals surface area contributed by atoms with Crippen LogP contribution in [-0.4, -0.2) is 66.7 Å². The minimum absolute atomic E-state index is 0.159. The number of benzene rings is 2. The van der Waals surface area contributed by atoms with Crippen molar-refractivity contribution in [1.82, 2.24) is 9.80 Å². The number of amides is 2. The van der Waals surface area contributed by atoms with Crippen molar-refractivity contribution in [3.05, 3.63) is 64.7 Å². The Balaban J connectivity index is 1.48. The molecule has 1 aliphatic heterocycles.